The van der Waals surface area contributed by atoms with Crippen molar-refractivity contribution in [1.82, 2.24) is 0 Å². The van der Waals surface area contributed by atoms with Crippen molar-refractivity contribution in [3.05, 3.63) is 71.9 Å². The number of carbonyl (C=O) groups excluding carboxylic acids is 1. The molecule has 0 aromatic heterocycles. The van der Waals surface area contributed by atoms with Crippen LogP contribution in [0.5, 0.6) is 0 Å². The van der Waals surface area contributed by atoms with Crippen molar-refractivity contribution in [2.45, 2.75) is 18.7 Å². The summed E-state index contributed by atoms with van der Waals surface area (Å²) >= 11 is 0. The van der Waals surface area contributed by atoms with Crippen LogP contribution in [0.25, 0.3) is 5.57 Å². The van der Waals surface area contributed by atoms with E-state index in [0.29, 0.717) is 16.7 Å². The molecule has 0 fully saturated rings. The van der Waals surface area contributed by atoms with Crippen LogP contribution >= 0.6 is 0 Å². The Morgan fingerprint density at radius 2 is 1.79 bits per heavy atom. The minimum atomic E-state index is -3.26. The van der Waals surface area contributed by atoms with Crippen LogP contribution in [0, 0.1) is 0 Å². The summed E-state index contributed by atoms with van der Waals surface area (Å²) in [5.74, 6) is -0.477. The molecular weight excluding hydrogens is 324 g/mol. The molecule has 0 saturated heterocycles. The largest absolute Gasteiger partial charge is 0.465 e. The molecule has 1 rings (SSSR count). The average molecular weight is 346 g/mol. The van der Waals surface area contributed by atoms with Gasteiger partial charge in [0.25, 0.3) is 0 Å². The van der Waals surface area contributed by atoms with Crippen molar-refractivity contribution < 1.29 is 17.9 Å². The normalized spacial score (nSPS) is 13.6. The van der Waals surface area contributed by atoms with E-state index in [1.807, 2.05) is 13.0 Å². The number of benzene rings is 1. The summed E-state index contributed by atoms with van der Waals surface area (Å²) in [4.78, 5) is 12.5. The molecule has 0 atom stereocenters. The van der Waals surface area contributed by atoms with Gasteiger partial charge in [0.2, 0.25) is 0 Å². The first-order valence-corrected chi connectivity index (χ1v) is 9.20. The smallest absolute Gasteiger partial charge is 0.338 e. The van der Waals surface area contributed by atoms with Gasteiger partial charge in [0.15, 0.2) is 9.84 Å². The van der Waals surface area contributed by atoms with Gasteiger partial charge in [-0.15, -0.1) is 0 Å². The molecule has 0 aliphatic carbocycles. The lowest BCUT2D eigenvalue weighted by Crippen LogP contribution is -2.09. The molecule has 1 aromatic rings. The van der Waals surface area contributed by atoms with E-state index in [9.17, 15) is 13.2 Å². The van der Waals surface area contributed by atoms with Crippen molar-refractivity contribution in [2.24, 2.45) is 0 Å². The van der Waals surface area contributed by atoms with Crippen molar-refractivity contribution in [3.8, 4) is 0 Å². The molecule has 24 heavy (non-hydrogen) atoms. The van der Waals surface area contributed by atoms with E-state index in [0.717, 1.165) is 11.8 Å². The minimum absolute atomic E-state index is 0.229. The first-order chi connectivity index (χ1) is 11.3. The van der Waals surface area contributed by atoms with Crippen LogP contribution < -0.4 is 0 Å². The zero-order valence-corrected chi connectivity index (χ0v) is 15.2. The zero-order chi connectivity index (χ0) is 18.3. The fourth-order valence-electron chi connectivity index (χ4n) is 2.14. The quantitative estimate of drug-likeness (QED) is 0.447. The predicted octanol–water partition coefficient (Wildman–Crippen LogP) is 3.73. The van der Waals surface area contributed by atoms with E-state index in [1.165, 1.54) is 19.2 Å². The maximum absolute atomic E-state index is 12.2. The SMILES string of the molecule is C=CC(=C\C=C/C)/C(C(=O)OC)=C(/C)c1ccc(S(C)(=O)=O)cc1. The maximum atomic E-state index is 12.2. The number of carbonyl (C=O) groups is 1. The van der Waals surface area contributed by atoms with Crippen LogP contribution in [0.15, 0.2) is 71.2 Å². The fraction of sp³-hybridized carbons (Fsp3) is 0.211. The van der Waals surface area contributed by atoms with Gasteiger partial charge in [-0.2, -0.15) is 0 Å². The second kappa shape index (κ2) is 8.45. The Balaban J connectivity index is 3.53. The van der Waals surface area contributed by atoms with Gasteiger partial charge >= 0.3 is 5.97 Å². The van der Waals surface area contributed by atoms with Crippen LogP contribution in [-0.4, -0.2) is 27.8 Å². The van der Waals surface area contributed by atoms with Crippen LogP contribution in [-0.2, 0) is 19.4 Å². The number of methoxy groups -OCH3 is 1. The predicted molar refractivity (Wildman–Crippen MR) is 97.3 cm³/mol. The van der Waals surface area contributed by atoms with Gasteiger partial charge in [-0.05, 0) is 42.7 Å². The van der Waals surface area contributed by atoms with Crippen LogP contribution in [0.2, 0.25) is 0 Å². The highest BCUT2D eigenvalue weighted by molar-refractivity contribution is 7.90. The van der Waals surface area contributed by atoms with Gasteiger partial charge < -0.3 is 4.74 Å². The van der Waals surface area contributed by atoms with Crippen LogP contribution in [0.3, 0.4) is 0 Å². The lowest BCUT2D eigenvalue weighted by Gasteiger charge is -2.12. The van der Waals surface area contributed by atoms with Crippen LogP contribution in [0.1, 0.15) is 19.4 Å². The number of esters is 1. The fourth-order valence-corrected chi connectivity index (χ4v) is 2.77. The van der Waals surface area contributed by atoms with E-state index in [2.05, 4.69) is 6.58 Å². The number of sulfone groups is 1. The van der Waals surface area contributed by atoms with E-state index >= 15 is 0 Å². The van der Waals surface area contributed by atoms with Gasteiger partial charge in [0.05, 0.1) is 17.6 Å². The van der Waals surface area contributed by atoms with Crippen molar-refractivity contribution in [2.75, 3.05) is 13.4 Å². The number of ether oxygens (including phenoxy) is 1. The average Bonchev–Trinajstić information content (AvgIpc) is 2.56. The summed E-state index contributed by atoms with van der Waals surface area (Å²) in [6, 6.07) is 6.38. The van der Waals surface area contributed by atoms with Gasteiger partial charge in [-0.3, -0.25) is 0 Å². The summed E-state index contributed by atoms with van der Waals surface area (Å²) < 4.78 is 28.0. The Labute approximate surface area is 143 Å². The van der Waals surface area contributed by atoms with Gasteiger partial charge in [0, 0.05) is 6.26 Å². The third kappa shape index (κ3) is 4.80. The Bertz CT molecular complexity index is 807. The second-order valence-corrected chi connectivity index (χ2v) is 7.16. The molecule has 0 spiro atoms. The monoisotopic (exact) mass is 346 g/mol. The molecule has 0 aliphatic rings. The minimum Gasteiger partial charge on any atom is -0.465 e. The molecule has 0 N–H and O–H groups in total. The Morgan fingerprint density at radius 3 is 2.21 bits per heavy atom. The Kier molecular flexibility index (Phi) is 6.92. The number of allylic oxidation sites excluding steroid dienone is 5. The van der Waals surface area contributed by atoms with E-state index < -0.39 is 15.8 Å². The molecule has 0 unspecified atom stereocenters. The van der Waals surface area contributed by atoms with Crippen molar-refractivity contribution in [3.63, 3.8) is 0 Å². The van der Waals surface area contributed by atoms with Gasteiger partial charge in [-0.25, -0.2) is 13.2 Å². The molecule has 0 bridgehead atoms. The van der Waals surface area contributed by atoms with E-state index in [1.54, 1.807) is 37.3 Å². The van der Waals surface area contributed by atoms with Gasteiger partial charge in [0.1, 0.15) is 0 Å². The lowest BCUT2D eigenvalue weighted by molar-refractivity contribution is -0.135. The molecule has 0 amide bonds. The highest BCUT2D eigenvalue weighted by atomic mass is 32.2. The van der Waals surface area contributed by atoms with E-state index in [-0.39, 0.29) is 4.90 Å². The molecule has 1 aromatic carbocycles. The van der Waals surface area contributed by atoms with Crippen molar-refractivity contribution in [1.29, 1.82) is 0 Å². The Hall–Kier alpha value is -2.40. The second-order valence-electron chi connectivity index (χ2n) is 5.14. The molecule has 0 radical (unpaired) electrons. The lowest BCUT2D eigenvalue weighted by atomic mass is 9.95. The molecule has 4 nitrogen and oxygen atoms in total. The standard InChI is InChI=1S/C19H22O4S/c1-6-8-9-15(7-2)18(19(20)23-4)14(3)16-10-12-17(13-11-16)24(5,21)22/h6-13H,2H2,1,3-5H3/b8-6-,15-9+,18-14+. The third-order valence-electron chi connectivity index (χ3n) is 3.46. The highest BCUT2D eigenvalue weighted by Crippen LogP contribution is 2.26. The Morgan fingerprint density at radius 1 is 1.21 bits per heavy atom. The first-order valence-electron chi connectivity index (χ1n) is 7.31. The number of hydrogen-bond acceptors (Lipinski definition) is 4. The molecule has 0 saturated carbocycles. The first kappa shape index (κ1) is 19.6. The molecule has 128 valence electrons. The van der Waals surface area contributed by atoms with E-state index in [4.69, 9.17) is 4.74 Å². The zero-order valence-electron chi connectivity index (χ0n) is 14.4. The number of rotatable bonds is 6. The highest BCUT2D eigenvalue weighted by Gasteiger charge is 2.17. The van der Waals surface area contributed by atoms with Crippen molar-refractivity contribution >= 4 is 21.4 Å². The summed E-state index contributed by atoms with van der Waals surface area (Å²) in [6.07, 6.45) is 8.16. The van der Waals surface area contributed by atoms with Crippen LogP contribution in [0.4, 0.5) is 0 Å². The topological polar surface area (TPSA) is 60.4 Å². The summed E-state index contributed by atoms with van der Waals surface area (Å²) in [5, 5.41) is 0. The third-order valence-corrected chi connectivity index (χ3v) is 4.59. The molecule has 0 heterocycles. The van der Waals surface area contributed by atoms with Gasteiger partial charge in [-0.1, -0.05) is 43.0 Å². The molecule has 0 aliphatic heterocycles. The summed E-state index contributed by atoms with van der Waals surface area (Å²) in [7, 11) is -1.95. The maximum Gasteiger partial charge on any atom is 0.338 e. The summed E-state index contributed by atoms with van der Waals surface area (Å²) in [5.41, 5.74) is 2.43. The summed E-state index contributed by atoms with van der Waals surface area (Å²) in [6.45, 7) is 7.41. The number of hydrogen-bond donors (Lipinski definition) is 0. The molecular formula is C19H22O4S. The molecule has 5 heteroatoms.